The maximum Gasteiger partial charge on any atom is 0.417 e. The molecule has 2 aliphatic carbocycles. The number of carboxylic acid groups (broad SMARTS) is 1. The van der Waals surface area contributed by atoms with Crippen molar-refractivity contribution in [2.45, 2.75) is 41.7 Å². The Bertz CT molecular complexity index is 1470. The summed E-state index contributed by atoms with van der Waals surface area (Å²) >= 11 is 0. The minimum absolute atomic E-state index is 0.0516. The molecular formula is C25H24F3N3O7S. The summed E-state index contributed by atoms with van der Waals surface area (Å²) in [5.41, 5.74) is 0.406. The molecule has 2 aromatic rings. The summed E-state index contributed by atoms with van der Waals surface area (Å²) in [4.78, 5) is 27.5. The Kier molecular flexibility index (Phi) is 6.89. The highest BCUT2D eigenvalue weighted by molar-refractivity contribution is 7.92. The van der Waals surface area contributed by atoms with E-state index in [0.717, 1.165) is 13.2 Å². The third kappa shape index (κ3) is 4.39. The molecule has 0 radical (unpaired) electrons. The monoisotopic (exact) mass is 567 g/mol. The van der Waals surface area contributed by atoms with E-state index >= 15 is 0 Å². The van der Waals surface area contributed by atoms with Crippen molar-refractivity contribution in [2.24, 2.45) is 22.5 Å². The van der Waals surface area contributed by atoms with Crippen LogP contribution in [0.5, 0.6) is 5.88 Å². The number of alkyl halides is 3. The van der Waals surface area contributed by atoms with Gasteiger partial charge in [0.2, 0.25) is 11.8 Å². The van der Waals surface area contributed by atoms with Gasteiger partial charge in [-0.25, -0.2) is 13.4 Å². The van der Waals surface area contributed by atoms with Crippen molar-refractivity contribution < 1.29 is 45.8 Å². The second-order valence-electron chi connectivity index (χ2n) is 9.68. The first-order chi connectivity index (χ1) is 18.2. The molecule has 4 rings (SSSR count). The molecule has 3 N–H and O–H groups in total. The van der Waals surface area contributed by atoms with Crippen LogP contribution in [0.25, 0.3) is 11.1 Å². The van der Waals surface area contributed by atoms with Gasteiger partial charge in [-0.1, -0.05) is 6.07 Å². The maximum absolute atomic E-state index is 14.2. The first kappa shape index (κ1) is 28.3. The Morgan fingerprint density at radius 3 is 2.31 bits per heavy atom. The van der Waals surface area contributed by atoms with Crippen molar-refractivity contribution in [3.63, 3.8) is 0 Å². The molecule has 2 aliphatic rings. The number of carbonyl (C=O) groups excluding carboxylic acids is 1. The molecule has 1 amide bonds. The van der Waals surface area contributed by atoms with Gasteiger partial charge >= 0.3 is 12.1 Å². The number of ether oxygens (including phenoxy) is 2. The molecule has 2 unspecified atom stereocenters. The number of nitrogens with zero attached hydrogens (tertiary/aromatic N) is 2. The number of carboxylic acids is 1. The average molecular weight is 568 g/mol. The molecular weight excluding hydrogens is 543 g/mol. The topological polar surface area (TPSA) is 170 Å². The number of pyridine rings is 1. The first-order valence-corrected chi connectivity index (χ1v) is 13.2. The van der Waals surface area contributed by atoms with Crippen molar-refractivity contribution in [2.75, 3.05) is 14.2 Å². The van der Waals surface area contributed by atoms with Crippen molar-refractivity contribution in [3.8, 4) is 23.1 Å². The van der Waals surface area contributed by atoms with Gasteiger partial charge in [-0.3, -0.25) is 9.59 Å². The SMILES string of the molecule is COc1ccc(-c2ccc(S(=O)(=O)[C@H]3C[C@@H](OC)[C@](C(=O)O)(C4CC4(C#N)C(N)=O)C3)c(C(F)(F)F)c2)cn1. The molecule has 208 valence electrons. The van der Waals surface area contributed by atoms with Gasteiger partial charge in [0, 0.05) is 30.9 Å². The number of rotatable bonds is 8. The fraction of sp³-hybridized carbons (Fsp3) is 0.440. The van der Waals surface area contributed by atoms with Gasteiger partial charge in [0.25, 0.3) is 0 Å². The second-order valence-corrected chi connectivity index (χ2v) is 11.9. The Morgan fingerprint density at radius 2 is 1.85 bits per heavy atom. The predicted molar refractivity (Wildman–Crippen MR) is 128 cm³/mol. The summed E-state index contributed by atoms with van der Waals surface area (Å²) in [6.45, 7) is 0. The zero-order chi connectivity index (χ0) is 29.0. The molecule has 5 atom stereocenters. The van der Waals surface area contributed by atoms with Gasteiger partial charge in [0.05, 0.1) is 35.0 Å². The van der Waals surface area contributed by atoms with E-state index in [1.165, 1.54) is 31.5 Å². The summed E-state index contributed by atoms with van der Waals surface area (Å²) in [6.07, 6.45) is -6.43. The standard InChI is InChI=1S/C25H24F3N3O7S/c1-37-19-8-15(9-24(19,22(33)34)18-10-23(18,12-29)21(30)32)39(35,36)17-5-3-13(7-16(17)25(26,27)28)14-4-6-20(38-2)31-11-14/h3-7,11,15,18-19H,8-10H2,1-2H3,(H2,30,32)(H,33,34)/t15-,18?,19+,23?,24+/m0/s1. The van der Waals surface area contributed by atoms with E-state index in [1.54, 1.807) is 6.07 Å². The first-order valence-electron chi connectivity index (χ1n) is 11.6. The minimum Gasteiger partial charge on any atom is -0.481 e. The Labute approximate surface area is 221 Å². The van der Waals surface area contributed by atoms with Crippen LogP contribution in [-0.2, 0) is 30.3 Å². The molecule has 2 saturated carbocycles. The summed E-state index contributed by atoms with van der Waals surface area (Å²) < 4.78 is 80.1. The molecule has 2 fully saturated rings. The fourth-order valence-electron chi connectivity index (χ4n) is 5.69. The van der Waals surface area contributed by atoms with Crippen LogP contribution >= 0.6 is 0 Å². The van der Waals surface area contributed by atoms with Gasteiger partial charge in [-0.2, -0.15) is 18.4 Å². The molecule has 1 aromatic carbocycles. The number of hydrogen-bond donors (Lipinski definition) is 2. The average Bonchev–Trinajstić information content (AvgIpc) is 3.52. The van der Waals surface area contributed by atoms with Crippen molar-refractivity contribution in [1.82, 2.24) is 4.98 Å². The third-order valence-electron chi connectivity index (χ3n) is 7.83. The summed E-state index contributed by atoms with van der Waals surface area (Å²) in [5, 5.41) is 18.1. The number of nitrogens with two attached hydrogens (primary N) is 1. The van der Waals surface area contributed by atoms with E-state index in [9.17, 15) is 41.5 Å². The minimum atomic E-state index is -5.07. The van der Waals surface area contributed by atoms with Gasteiger partial charge in [-0.05, 0) is 43.0 Å². The van der Waals surface area contributed by atoms with Crippen LogP contribution < -0.4 is 10.5 Å². The summed E-state index contributed by atoms with van der Waals surface area (Å²) in [6, 6.07) is 7.37. The van der Waals surface area contributed by atoms with E-state index in [2.05, 4.69) is 4.98 Å². The number of hydrogen-bond acceptors (Lipinski definition) is 8. The molecule has 0 bridgehead atoms. The van der Waals surface area contributed by atoms with Crippen LogP contribution in [0.3, 0.4) is 0 Å². The number of nitriles is 1. The molecule has 1 aromatic heterocycles. The fourth-order valence-corrected chi connectivity index (χ4v) is 7.71. The number of halogens is 3. The zero-order valence-corrected chi connectivity index (χ0v) is 21.5. The van der Waals surface area contributed by atoms with Crippen molar-refractivity contribution in [3.05, 3.63) is 42.1 Å². The van der Waals surface area contributed by atoms with E-state index in [1.807, 2.05) is 0 Å². The van der Waals surface area contributed by atoms with E-state index in [0.29, 0.717) is 6.07 Å². The largest absolute Gasteiger partial charge is 0.481 e. The molecule has 0 aliphatic heterocycles. The van der Waals surface area contributed by atoms with Gasteiger partial charge in [0.1, 0.15) is 10.8 Å². The van der Waals surface area contributed by atoms with Crippen LogP contribution in [-0.4, -0.2) is 56.0 Å². The highest BCUT2D eigenvalue weighted by atomic mass is 32.2. The molecule has 0 spiro atoms. The number of aliphatic carboxylic acids is 1. The van der Waals surface area contributed by atoms with Gasteiger partial charge in [-0.15, -0.1) is 0 Å². The smallest absolute Gasteiger partial charge is 0.417 e. The molecule has 39 heavy (non-hydrogen) atoms. The van der Waals surface area contributed by atoms with Crippen LogP contribution in [0.2, 0.25) is 0 Å². The number of methoxy groups -OCH3 is 2. The normalized spacial score (nSPS) is 28.5. The Balaban J connectivity index is 1.78. The Morgan fingerprint density at radius 1 is 1.18 bits per heavy atom. The number of benzene rings is 1. The van der Waals surface area contributed by atoms with Gasteiger partial charge < -0.3 is 20.3 Å². The van der Waals surface area contributed by atoms with Crippen LogP contribution in [0.15, 0.2) is 41.4 Å². The second kappa shape index (κ2) is 9.49. The van der Waals surface area contributed by atoms with E-state index in [4.69, 9.17) is 15.2 Å². The van der Waals surface area contributed by atoms with Crippen LogP contribution in [0, 0.1) is 28.1 Å². The number of carbonyl (C=O) groups is 2. The molecule has 1 heterocycles. The lowest BCUT2D eigenvalue weighted by atomic mass is 9.75. The highest BCUT2D eigenvalue weighted by Gasteiger charge is 2.75. The molecule has 10 nitrogen and oxygen atoms in total. The molecule has 0 saturated heterocycles. The summed E-state index contributed by atoms with van der Waals surface area (Å²) in [5.74, 6) is -3.51. The van der Waals surface area contributed by atoms with Crippen LogP contribution in [0.4, 0.5) is 13.2 Å². The van der Waals surface area contributed by atoms with E-state index < -0.39 is 79.3 Å². The number of amides is 1. The maximum atomic E-state index is 14.2. The zero-order valence-electron chi connectivity index (χ0n) is 20.7. The number of primary amides is 1. The number of sulfone groups is 1. The Hall–Kier alpha value is -3.70. The molecule has 14 heteroatoms. The predicted octanol–water partition coefficient (Wildman–Crippen LogP) is 2.81. The third-order valence-corrected chi connectivity index (χ3v) is 10.0. The van der Waals surface area contributed by atoms with Crippen LogP contribution in [0.1, 0.15) is 24.8 Å². The van der Waals surface area contributed by atoms with Crippen molar-refractivity contribution in [1.29, 1.82) is 5.26 Å². The van der Waals surface area contributed by atoms with Crippen molar-refractivity contribution >= 4 is 21.7 Å². The lowest BCUT2D eigenvalue weighted by molar-refractivity contribution is -0.159. The van der Waals surface area contributed by atoms with Gasteiger partial charge in [0.15, 0.2) is 9.84 Å². The highest BCUT2D eigenvalue weighted by Crippen LogP contribution is 2.66. The number of aromatic nitrogens is 1. The van der Waals surface area contributed by atoms with E-state index in [-0.39, 0.29) is 23.4 Å². The quantitative estimate of drug-likeness (QED) is 0.487. The lowest BCUT2D eigenvalue weighted by Crippen LogP contribution is -2.44. The summed E-state index contributed by atoms with van der Waals surface area (Å²) in [7, 11) is -2.27. The lowest BCUT2D eigenvalue weighted by Gasteiger charge is -2.31.